The highest BCUT2D eigenvalue weighted by Gasteiger charge is 2.19. The van der Waals surface area contributed by atoms with Crippen LogP contribution >= 0.6 is 0 Å². The average Bonchev–Trinajstić information content (AvgIpc) is 3.39. The first-order valence-electron chi connectivity index (χ1n) is 29.7. The quantitative estimate of drug-likeness (QED) is 0.0261. The van der Waals surface area contributed by atoms with Crippen LogP contribution in [0.2, 0.25) is 0 Å². The Bertz CT molecular complexity index is 1580. The molecule has 0 radical (unpaired) electrons. The fraction of sp³-hybridized carbons (Fsp3) is 0.627. The van der Waals surface area contributed by atoms with E-state index < -0.39 is 12.1 Å². The summed E-state index contributed by atoms with van der Waals surface area (Å²) in [5, 5.41) is 0. The van der Waals surface area contributed by atoms with Gasteiger partial charge in [0.25, 0.3) is 0 Å². The predicted octanol–water partition coefficient (Wildman–Crippen LogP) is 20.2. The summed E-state index contributed by atoms with van der Waals surface area (Å²) >= 11 is 0. The molecule has 0 aromatic rings. The van der Waals surface area contributed by atoms with Crippen LogP contribution in [0.15, 0.2) is 134 Å². The van der Waals surface area contributed by atoms with E-state index >= 15 is 0 Å². The summed E-state index contributed by atoms with van der Waals surface area (Å²) in [6.45, 7) is 6.39. The molecule has 0 spiro atoms. The Morgan fingerprint density at radius 3 is 0.890 bits per heavy atom. The zero-order valence-electron chi connectivity index (χ0n) is 47.1. The molecule has 73 heavy (non-hydrogen) atoms. The van der Waals surface area contributed by atoms with Gasteiger partial charge < -0.3 is 14.2 Å². The number of esters is 3. The van der Waals surface area contributed by atoms with E-state index in [0.29, 0.717) is 19.3 Å². The largest absolute Gasteiger partial charge is 0.462 e. The van der Waals surface area contributed by atoms with E-state index in [0.717, 1.165) is 109 Å². The molecule has 0 aromatic heterocycles. The standard InChI is InChI=1S/C67H108O6/c1-4-7-10-13-16-19-22-25-28-31-33-36-39-42-45-48-51-54-57-60-66(69)72-63-64(62-71-65(68)59-56-53-50-47-44-41-38-35-30-27-24-21-18-15-12-9-6-3)73-67(70)61-58-55-52-49-46-43-40-37-34-32-29-26-23-20-17-14-11-8-5-2/h9,12,16-21,25-30,34,37-38,41,43,46,52,55,64H,4-8,10-11,13-15,22-24,31-33,35-36,39-40,42,44-45,47-51,53-54,56-63H2,1-3H3/b12-9-,19-16-,20-17-,21-18-,28-25-,29-26-,30-27-,37-34-,41-38-,46-43-,55-52-/t64-/m1/s1. The van der Waals surface area contributed by atoms with Crippen molar-refractivity contribution in [3.05, 3.63) is 134 Å². The van der Waals surface area contributed by atoms with E-state index in [1.165, 1.54) is 96.3 Å². The molecule has 0 saturated heterocycles. The highest BCUT2D eigenvalue weighted by Crippen LogP contribution is 2.14. The van der Waals surface area contributed by atoms with Gasteiger partial charge in [0, 0.05) is 19.3 Å². The van der Waals surface area contributed by atoms with Gasteiger partial charge in [-0.1, -0.05) is 238 Å². The number of rotatable bonds is 52. The van der Waals surface area contributed by atoms with E-state index in [4.69, 9.17) is 14.2 Å². The molecule has 0 aliphatic carbocycles. The van der Waals surface area contributed by atoms with Gasteiger partial charge in [0.15, 0.2) is 6.10 Å². The maximum absolute atomic E-state index is 12.8. The molecule has 6 heteroatoms. The first-order valence-corrected chi connectivity index (χ1v) is 29.7. The second-order valence-corrected chi connectivity index (χ2v) is 19.2. The molecule has 0 fully saturated rings. The number of ether oxygens (including phenoxy) is 3. The minimum absolute atomic E-state index is 0.122. The lowest BCUT2D eigenvalue weighted by atomic mass is 10.1. The molecule has 0 aromatic carbocycles. The molecule has 0 heterocycles. The SMILES string of the molecule is CC/C=C\C/C=C\C/C=C\C/C=C\CCCCCCC(=O)OC[C@H](COC(=O)CCCCCCCCCCC/C=C\C/C=C\CCCCC)OC(=O)CC/C=C\C/C=C\C/C=C\C/C=C\C/C=C\CCCCC. The fourth-order valence-corrected chi connectivity index (χ4v) is 7.68. The molecule has 0 aliphatic rings. The van der Waals surface area contributed by atoms with Gasteiger partial charge in [0.1, 0.15) is 13.2 Å². The van der Waals surface area contributed by atoms with Crippen LogP contribution in [0.5, 0.6) is 0 Å². The Labute approximate surface area is 449 Å². The summed E-state index contributed by atoms with van der Waals surface area (Å²) < 4.78 is 16.8. The van der Waals surface area contributed by atoms with Gasteiger partial charge in [0.05, 0.1) is 0 Å². The Kier molecular flexibility index (Phi) is 56.4. The van der Waals surface area contributed by atoms with Crippen LogP contribution in [0.1, 0.15) is 252 Å². The third kappa shape index (κ3) is 58.3. The molecule has 6 nitrogen and oxygen atoms in total. The lowest BCUT2D eigenvalue weighted by Gasteiger charge is -2.18. The van der Waals surface area contributed by atoms with Crippen molar-refractivity contribution >= 4 is 17.9 Å². The van der Waals surface area contributed by atoms with Crippen molar-refractivity contribution in [2.45, 2.75) is 258 Å². The summed E-state index contributed by atoms with van der Waals surface area (Å²) in [4.78, 5) is 38.2. The number of allylic oxidation sites excluding steroid dienone is 22. The van der Waals surface area contributed by atoms with Crippen LogP contribution < -0.4 is 0 Å². The van der Waals surface area contributed by atoms with Crippen molar-refractivity contribution in [2.24, 2.45) is 0 Å². The van der Waals surface area contributed by atoms with Crippen molar-refractivity contribution in [3.8, 4) is 0 Å². The monoisotopic (exact) mass is 1010 g/mol. The second kappa shape index (κ2) is 60.1. The first kappa shape index (κ1) is 68.6. The molecular formula is C67H108O6. The van der Waals surface area contributed by atoms with Crippen molar-refractivity contribution in [3.63, 3.8) is 0 Å². The van der Waals surface area contributed by atoms with E-state index in [-0.39, 0.29) is 31.6 Å². The molecule has 0 rings (SSSR count). The second-order valence-electron chi connectivity index (χ2n) is 19.2. The maximum atomic E-state index is 12.8. The summed E-state index contributed by atoms with van der Waals surface area (Å²) in [6, 6.07) is 0. The number of unbranched alkanes of at least 4 members (excludes halogenated alkanes) is 19. The van der Waals surface area contributed by atoms with Gasteiger partial charge in [-0.3, -0.25) is 14.4 Å². The fourth-order valence-electron chi connectivity index (χ4n) is 7.68. The third-order valence-electron chi connectivity index (χ3n) is 12.1. The molecule has 0 amide bonds. The molecule has 0 aliphatic heterocycles. The van der Waals surface area contributed by atoms with Gasteiger partial charge in [-0.05, 0) is 128 Å². The highest BCUT2D eigenvalue weighted by molar-refractivity contribution is 5.71. The van der Waals surface area contributed by atoms with Crippen LogP contribution in [-0.4, -0.2) is 37.2 Å². The molecule has 0 N–H and O–H groups in total. The van der Waals surface area contributed by atoms with Gasteiger partial charge in [-0.2, -0.15) is 0 Å². The third-order valence-corrected chi connectivity index (χ3v) is 12.1. The van der Waals surface area contributed by atoms with Crippen molar-refractivity contribution in [1.29, 1.82) is 0 Å². The minimum atomic E-state index is -0.836. The lowest BCUT2D eigenvalue weighted by molar-refractivity contribution is -0.166. The Hall–Kier alpha value is -4.45. The zero-order valence-corrected chi connectivity index (χ0v) is 47.1. The van der Waals surface area contributed by atoms with Gasteiger partial charge >= 0.3 is 17.9 Å². The topological polar surface area (TPSA) is 78.9 Å². The Morgan fingerprint density at radius 2 is 0.562 bits per heavy atom. The minimum Gasteiger partial charge on any atom is -0.462 e. The molecule has 0 saturated carbocycles. The number of carbonyl (C=O) groups is 3. The van der Waals surface area contributed by atoms with E-state index in [2.05, 4.69) is 148 Å². The predicted molar refractivity (Wildman–Crippen MR) is 316 cm³/mol. The normalized spacial score (nSPS) is 13.1. The van der Waals surface area contributed by atoms with E-state index in [1.807, 2.05) is 6.08 Å². The smallest absolute Gasteiger partial charge is 0.306 e. The molecule has 412 valence electrons. The van der Waals surface area contributed by atoms with Crippen LogP contribution in [0.25, 0.3) is 0 Å². The zero-order chi connectivity index (χ0) is 52.9. The number of hydrogen-bond acceptors (Lipinski definition) is 6. The van der Waals surface area contributed by atoms with Crippen LogP contribution in [0, 0.1) is 0 Å². The van der Waals surface area contributed by atoms with Gasteiger partial charge in [-0.25, -0.2) is 0 Å². The van der Waals surface area contributed by atoms with Crippen molar-refractivity contribution < 1.29 is 28.6 Å². The summed E-state index contributed by atoms with van der Waals surface area (Å²) in [7, 11) is 0. The summed E-state index contributed by atoms with van der Waals surface area (Å²) in [5.74, 6) is -1.04. The Balaban J connectivity index is 4.56. The van der Waals surface area contributed by atoms with Crippen molar-refractivity contribution in [2.75, 3.05) is 13.2 Å². The summed E-state index contributed by atoms with van der Waals surface area (Å²) in [6.07, 6.45) is 84.5. The number of hydrogen-bond donors (Lipinski definition) is 0. The Morgan fingerprint density at radius 1 is 0.288 bits per heavy atom. The number of carbonyl (C=O) groups excluding carboxylic acids is 3. The molecule has 0 unspecified atom stereocenters. The molecule has 0 bridgehead atoms. The lowest BCUT2D eigenvalue weighted by Crippen LogP contribution is -2.30. The van der Waals surface area contributed by atoms with Gasteiger partial charge in [-0.15, -0.1) is 0 Å². The maximum Gasteiger partial charge on any atom is 0.306 e. The van der Waals surface area contributed by atoms with E-state index in [9.17, 15) is 14.4 Å². The first-order chi connectivity index (χ1) is 36.0. The van der Waals surface area contributed by atoms with Crippen LogP contribution in [-0.2, 0) is 28.6 Å². The molecular weight excluding hydrogens is 901 g/mol. The van der Waals surface area contributed by atoms with Crippen LogP contribution in [0.3, 0.4) is 0 Å². The van der Waals surface area contributed by atoms with E-state index in [1.54, 1.807) is 0 Å². The van der Waals surface area contributed by atoms with Crippen molar-refractivity contribution in [1.82, 2.24) is 0 Å². The summed E-state index contributed by atoms with van der Waals surface area (Å²) in [5.41, 5.74) is 0. The molecule has 1 atom stereocenters. The van der Waals surface area contributed by atoms with Gasteiger partial charge in [0.2, 0.25) is 0 Å². The van der Waals surface area contributed by atoms with Crippen LogP contribution in [0.4, 0.5) is 0 Å². The average molecular weight is 1010 g/mol. The highest BCUT2D eigenvalue weighted by atomic mass is 16.6.